The monoisotopic (exact) mass is 483 g/mol. The SMILES string of the molecule is O=C1C(Sc2ccccc2)=C(N2CCN(Cc3ccccc3)CC2)C(=O)N1CCc1ccccc1. The predicted octanol–water partition coefficient (Wildman–Crippen LogP) is 4.42. The fourth-order valence-corrected chi connectivity index (χ4v) is 5.62. The van der Waals surface area contributed by atoms with Crippen molar-refractivity contribution in [1.82, 2.24) is 14.7 Å². The maximum Gasteiger partial charge on any atom is 0.278 e. The minimum atomic E-state index is -0.179. The first-order valence-electron chi connectivity index (χ1n) is 12.1. The van der Waals surface area contributed by atoms with Crippen LogP contribution in [0.3, 0.4) is 0 Å². The van der Waals surface area contributed by atoms with Gasteiger partial charge < -0.3 is 4.90 Å². The summed E-state index contributed by atoms with van der Waals surface area (Å²) in [7, 11) is 0. The van der Waals surface area contributed by atoms with Gasteiger partial charge in [0.2, 0.25) is 0 Å². The molecule has 1 saturated heterocycles. The minimum Gasteiger partial charge on any atom is -0.363 e. The summed E-state index contributed by atoms with van der Waals surface area (Å²) in [5, 5.41) is 0. The van der Waals surface area contributed by atoms with Crippen molar-refractivity contribution in [2.45, 2.75) is 17.9 Å². The number of imide groups is 1. The first kappa shape index (κ1) is 23.4. The third kappa shape index (κ3) is 5.50. The van der Waals surface area contributed by atoms with E-state index in [1.165, 1.54) is 22.2 Å². The fraction of sp³-hybridized carbons (Fsp3) is 0.241. The Kier molecular flexibility index (Phi) is 7.31. The van der Waals surface area contributed by atoms with Gasteiger partial charge in [-0.3, -0.25) is 19.4 Å². The molecule has 0 unspecified atom stereocenters. The Labute approximate surface area is 211 Å². The number of benzene rings is 3. The van der Waals surface area contributed by atoms with E-state index in [4.69, 9.17) is 0 Å². The molecule has 0 saturated carbocycles. The summed E-state index contributed by atoms with van der Waals surface area (Å²) in [6, 6.07) is 30.3. The molecule has 35 heavy (non-hydrogen) atoms. The molecule has 2 aliphatic rings. The van der Waals surface area contributed by atoms with Crippen molar-refractivity contribution in [3.8, 4) is 0 Å². The van der Waals surface area contributed by atoms with Crippen molar-refractivity contribution in [3.63, 3.8) is 0 Å². The lowest BCUT2D eigenvalue weighted by molar-refractivity contribution is -0.138. The molecule has 0 atom stereocenters. The summed E-state index contributed by atoms with van der Waals surface area (Å²) in [4.78, 5) is 34.6. The van der Waals surface area contributed by atoms with Gasteiger partial charge in [-0.2, -0.15) is 0 Å². The molecule has 2 amide bonds. The Hall–Kier alpha value is -3.35. The predicted molar refractivity (Wildman–Crippen MR) is 139 cm³/mol. The first-order chi connectivity index (χ1) is 17.2. The third-order valence-corrected chi connectivity index (χ3v) is 7.55. The number of hydrogen-bond acceptors (Lipinski definition) is 5. The van der Waals surface area contributed by atoms with Gasteiger partial charge in [0.05, 0.1) is 0 Å². The topological polar surface area (TPSA) is 43.9 Å². The van der Waals surface area contributed by atoms with Crippen LogP contribution in [0.25, 0.3) is 0 Å². The van der Waals surface area contributed by atoms with E-state index in [0.29, 0.717) is 23.6 Å². The summed E-state index contributed by atoms with van der Waals surface area (Å²) >= 11 is 1.41. The molecular formula is C29H29N3O2S. The Morgan fingerprint density at radius 3 is 1.86 bits per heavy atom. The van der Waals surface area contributed by atoms with Crippen molar-refractivity contribution in [3.05, 3.63) is 113 Å². The number of amides is 2. The summed E-state index contributed by atoms with van der Waals surface area (Å²) in [6.07, 6.45) is 0.653. The second kappa shape index (κ2) is 10.9. The summed E-state index contributed by atoms with van der Waals surface area (Å²) in [5.74, 6) is -0.345. The van der Waals surface area contributed by atoms with Gasteiger partial charge in [-0.05, 0) is 29.7 Å². The van der Waals surface area contributed by atoms with Crippen LogP contribution in [0.1, 0.15) is 11.1 Å². The van der Waals surface area contributed by atoms with Crippen LogP contribution in [-0.4, -0.2) is 59.2 Å². The summed E-state index contributed by atoms with van der Waals surface area (Å²) < 4.78 is 0. The van der Waals surface area contributed by atoms with Crippen LogP contribution < -0.4 is 0 Å². The van der Waals surface area contributed by atoms with E-state index in [1.807, 2.05) is 66.7 Å². The van der Waals surface area contributed by atoms with E-state index in [1.54, 1.807) is 0 Å². The van der Waals surface area contributed by atoms with Crippen molar-refractivity contribution < 1.29 is 9.59 Å². The summed E-state index contributed by atoms with van der Waals surface area (Å²) in [5.41, 5.74) is 2.98. The molecule has 178 valence electrons. The molecule has 6 heteroatoms. The van der Waals surface area contributed by atoms with Crippen molar-refractivity contribution in [2.24, 2.45) is 0 Å². The highest BCUT2D eigenvalue weighted by atomic mass is 32.2. The standard InChI is InChI=1S/C29H29N3O2S/c33-28-26(31-20-18-30(19-21-31)22-24-12-6-2-7-13-24)27(35-25-14-8-3-9-15-25)29(34)32(28)17-16-23-10-4-1-5-11-23/h1-15H,16-22H2. The molecule has 0 radical (unpaired) electrons. The molecule has 3 aromatic rings. The second-order valence-corrected chi connectivity index (χ2v) is 9.92. The highest BCUT2D eigenvalue weighted by Crippen LogP contribution is 2.37. The van der Waals surface area contributed by atoms with Crippen LogP contribution in [0.5, 0.6) is 0 Å². The molecule has 1 fully saturated rings. The van der Waals surface area contributed by atoms with E-state index in [9.17, 15) is 9.59 Å². The van der Waals surface area contributed by atoms with Crippen LogP contribution in [0.15, 0.2) is 106 Å². The Morgan fingerprint density at radius 2 is 1.23 bits per heavy atom. The van der Waals surface area contributed by atoms with Crippen LogP contribution in [-0.2, 0) is 22.6 Å². The first-order valence-corrected chi connectivity index (χ1v) is 12.9. The van der Waals surface area contributed by atoms with Crippen molar-refractivity contribution >= 4 is 23.6 Å². The number of rotatable bonds is 8. The maximum absolute atomic E-state index is 13.6. The zero-order valence-electron chi connectivity index (χ0n) is 19.7. The molecule has 0 bridgehead atoms. The molecule has 2 heterocycles. The van der Waals surface area contributed by atoms with Crippen LogP contribution >= 0.6 is 11.8 Å². The van der Waals surface area contributed by atoms with Gasteiger partial charge >= 0.3 is 0 Å². The molecule has 5 rings (SSSR count). The Bertz CT molecular complexity index is 1190. The zero-order chi connectivity index (χ0) is 24.0. The van der Waals surface area contributed by atoms with Crippen LogP contribution in [0, 0.1) is 0 Å². The smallest absolute Gasteiger partial charge is 0.278 e. The summed E-state index contributed by atoms with van der Waals surface area (Å²) in [6.45, 7) is 4.45. The lowest BCUT2D eigenvalue weighted by atomic mass is 10.1. The van der Waals surface area contributed by atoms with Gasteiger partial charge in [-0.15, -0.1) is 0 Å². The highest BCUT2D eigenvalue weighted by Gasteiger charge is 2.41. The zero-order valence-corrected chi connectivity index (χ0v) is 20.5. The maximum atomic E-state index is 13.6. The highest BCUT2D eigenvalue weighted by molar-refractivity contribution is 8.04. The third-order valence-electron chi connectivity index (χ3n) is 6.47. The van der Waals surface area contributed by atoms with Gasteiger partial charge in [-0.1, -0.05) is 90.6 Å². The van der Waals surface area contributed by atoms with Crippen LogP contribution in [0.2, 0.25) is 0 Å². The molecule has 5 nitrogen and oxygen atoms in total. The molecule has 2 aliphatic heterocycles. The molecule has 0 N–H and O–H groups in total. The number of carbonyl (C=O) groups is 2. The minimum absolute atomic E-state index is 0.166. The van der Waals surface area contributed by atoms with Crippen molar-refractivity contribution in [2.75, 3.05) is 32.7 Å². The number of thioether (sulfide) groups is 1. The molecule has 0 aliphatic carbocycles. The van der Waals surface area contributed by atoms with Gasteiger partial charge in [0.25, 0.3) is 11.8 Å². The lowest BCUT2D eigenvalue weighted by Crippen LogP contribution is -2.47. The normalized spacial score (nSPS) is 16.9. The average Bonchev–Trinajstić information content (AvgIpc) is 3.13. The molecule has 0 aromatic heterocycles. The number of carbonyl (C=O) groups excluding carboxylic acids is 2. The average molecular weight is 484 g/mol. The van der Waals surface area contributed by atoms with Gasteiger partial charge in [0.15, 0.2) is 0 Å². The fourth-order valence-electron chi connectivity index (χ4n) is 4.58. The van der Waals surface area contributed by atoms with E-state index in [0.717, 1.165) is 43.2 Å². The number of piperazine rings is 1. The second-order valence-electron chi connectivity index (χ2n) is 8.84. The molecule has 0 spiro atoms. The largest absolute Gasteiger partial charge is 0.363 e. The van der Waals surface area contributed by atoms with Gasteiger partial charge in [-0.25, -0.2) is 0 Å². The van der Waals surface area contributed by atoms with Crippen molar-refractivity contribution in [1.29, 1.82) is 0 Å². The van der Waals surface area contributed by atoms with E-state index in [-0.39, 0.29) is 11.8 Å². The van der Waals surface area contributed by atoms with E-state index < -0.39 is 0 Å². The van der Waals surface area contributed by atoms with E-state index in [2.05, 4.69) is 34.1 Å². The number of nitrogens with zero attached hydrogens (tertiary/aromatic N) is 3. The number of hydrogen-bond donors (Lipinski definition) is 0. The van der Waals surface area contributed by atoms with Gasteiger partial charge in [0.1, 0.15) is 10.6 Å². The molecule has 3 aromatic carbocycles. The quantitative estimate of drug-likeness (QED) is 0.444. The van der Waals surface area contributed by atoms with E-state index >= 15 is 0 Å². The lowest BCUT2D eigenvalue weighted by Gasteiger charge is -2.36. The Morgan fingerprint density at radius 1 is 0.657 bits per heavy atom. The Balaban J connectivity index is 1.33. The molecular weight excluding hydrogens is 454 g/mol. The van der Waals surface area contributed by atoms with Gasteiger partial charge in [0, 0.05) is 44.2 Å². The van der Waals surface area contributed by atoms with Crippen LogP contribution in [0.4, 0.5) is 0 Å².